The van der Waals surface area contributed by atoms with E-state index in [4.69, 9.17) is 0 Å². The van der Waals surface area contributed by atoms with Gasteiger partial charge in [-0.1, -0.05) is 20.3 Å². The number of hydrogen-bond donors (Lipinski definition) is 1. The van der Waals surface area contributed by atoms with Gasteiger partial charge in [0.15, 0.2) is 0 Å². The van der Waals surface area contributed by atoms with E-state index in [0.717, 1.165) is 19.5 Å². The first kappa shape index (κ1) is 9.01. The highest BCUT2D eigenvalue weighted by atomic mass is 16.3. The minimum Gasteiger partial charge on any atom is -0.392 e. The summed E-state index contributed by atoms with van der Waals surface area (Å²) in [5.41, 5.74) is 0. The zero-order chi connectivity index (χ0) is 8.27. The summed E-state index contributed by atoms with van der Waals surface area (Å²) in [5, 5.41) is 9.63. The van der Waals surface area contributed by atoms with Crippen LogP contribution in [0.1, 0.15) is 26.7 Å². The number of hydrogen-bond acceptors (Lipinski definition) is 2. The predicted molar refractivity (Wildman–Crippen MR) is 46.5 cm³/mol. The van der Waals surface area contributed by atoms with Crippen LogP contribution < -0.4 is 0 Å². The van der Waals surface area contributed by atoms with Crippen molar-refractivity contribution in [3.8, 4) is 0 Å². The van der Waals surface area contributed by atoms with E-state index in [1.54, 1.807) is 0 Å². The predicted octanol–water partition coefficient (Wildman–Crippen LogP) is 1.10. The lowest BCUT2D eigenvalue weighted by Gasteiger charge is -2.34. The SMILES string of the molecule is CCC1CCN(CC)C[C@@H]1O. The van der Waals surface area contributed by atoms with Crippen LogP contribution in [0.25, 0.3) is 0 Å². The van der Waals surface area contributed by atoms with E-state index in [1.165, 1.54) is 13.0 Å². The second kappa shape index (κ2) is 4.07. The summed E-state index contributed by atoms with van der Waals surface area (Å²) in [7, 11) is 0. The Morgan fingerprint density at radius 3 is 2.64 bits per heavy atom. The number of likely N-dealkylation sites (N-methyl/N-ethyl adjacent to an activating group) is 1. The Hall–Kier alpha value is -0.0800. The minimum absolute atomic E-state index is 0.0753. The lowest BCUT2D eigenvalue weighted by molar-refractivity contribution is 0.0226. The second-order valence-electron chi connectivity index (χ2n) is 3.42. The van der Waals surface area contributed by atoms with Gasteiger partial charge in [0.1, 0.15) is 0 Å². The monoisotopic (exact) mass is 157 g/mol. The molecule has 0 aromatic rings. The molecule has 66 valence electrons. The summed E-state index contributed by atoms with van der Waals surface area (Å²) >= 11 is 0. The van der Waals surface area contributed by atoms with Crippen LogP contribution in [-0.4, -0.2) is 35.7 Å². The van der Waals surface area contributed by atoms with Crippen molar-refractivity contribution >= 4 is 0 Å². The largest absolute Gasteiger partial charge is 0.392 e. The molecule has 1 aliphatic heterocycles. The molecule has 0 bridgehead atoms. The minimum atomic E-state index is -0.0753. The first-order chi connectivity index (χ1) is 5.27. The van der Waals surface area contributed by atoms with Gasteiger partial charge in [-0.3, -0.25) is 0 Å². The highest BCUT2D eigenvalue weighted by molar-refractivity contribution is 4.78. The Kier molecular flexibility index (Phi) is 3.34. The van der Waals surface area contributed by atoms with E-state index in [2.05, 4.69) is 18.7 Å². The first-order valence-corrected chi connectivity index (χ1v) is 4.68. The molecule has 2 nitrogen and oxygen atoms in total. The number of nitrogens with zero attached hydrogens (tertiary/aromatic N) is 1. The molecule has 0 aromatic heterocycles. The number of rotatable bonds is 2. The summed E-state index contributed by atoms with van der Waals surface area (Å²) in [5.74, 6) is 0.554. The smallest absolute Gasteiger partial charge is 0.0695 e. The normalized spacial score (nSPS) is 34.1. The number of likely N-dealkylation sites (tertiary alicyclic amines) is 1. The van der Waals surface area contributed by atoms with E-state index >= 15 is 0 Å². The number of piperidine rings is 1. The number of aliphatic hydroxyl groups excluding tert-OH is 1. The number of β-amino-alcohol motifs (C(OH)–C–C–N with tert-alkyl or cyclic N) is 1. The van der Waals surface area contributed by atoms with Crippen LogP contribution in [0.15, 0.2) is 0 Å². The standard InChI is InChI=1S/C9H19NO/c1-3-8-5-6-10(4-2)7-9(8)11/h8-9,11H,3-7H2,1-2H3/t8?,9-/m0/s1. The van der Waals surface area contributed by atoms with Crippen molar-refractivity contribution in [2.45, 2.75) is 32.8 Å². The molecule has 1 fully saturated rings. The third kappa shape index (κ3) is 2.17. The van der Waals surface area contributed by atoms with Gasteiger partial charge in [0.25, 0.3) is 0 Å². The summed E-state index contributed by atoms with van der Waals surface area (Å²) in [6.07, 6.45) is 2.22. The molecule has 2 atom stereocenters. The lowest BCUT2D eigenvalue weighted by atomic mass is 9.92. The zero-order valence-electron chi connectivity index (χ0n) is 7.58. The molecule has 0 radical (unpaired) electrons. The maximum Gasteiger partial charge on any atom is 0.0695 e. The van der Waals surface area contributed by atoms with E-state index in [1.807, 2.05) is 0 Å². The van der Waals surface area contributed by atoms with Crippen LogP contribution in [0.5, 0.6) is 0 Å². The third-order valence-electron chi connectivity index (χ3n) is 2.78. The van der Waals surface area contributed by atoms with Crippen molar-refractivity contribution in [1.82, 2.24) is 4.90 Å². The van der Waals surface area contributed by atoms with Gasteiger partial charge in [0.05, 0.1) is 6.10 Å². The van der Waals surface area contributed by atoms with E-state index in [9.17, 15) is 5.11 Å². The first-order valence-electron chi connectivity index (χ1n) is 4.68. The Morgan fingerprint density at radius 1 is 1.45 bits per heavy atom. The fraction of sp³-hybridized carbons (Fsp3) is 1.00. The topological polar surface area (TPSA) is 23.5 Å². The summed E-state index contributed by atoms with van der Waals surface area (Å²) in [6, 6.07) is 0. The third-order valence-corrected chi connectivity index (χ3v) is 2.78. The molecule has 0 spiro atoms. The van der Waals surface area contributed by atoms with Crippen molar-refractivity contribution in [3.05, 3.63) is 0 Å². The highest BCUT2D eigenvalue weighted by Gasteiger charge is 2.24. The molecule has 1 N–H and O–H groups in total. The molecule has 1 saturated heterocycles. The van der Waals surface area contributed by atoms with E-state index in [-0.39, 0.29) is 6.10 Å². The molecular formula is C9H19NO. The Morgan fingerprint density at radius 2 is 2.18 bits per heavy atom. The molecule has 11 heavy (non-hydrogen) atoms. The van der Waals surface area contributed by atoms with Crippen molar-refractivity contribution in [3.63, 3.8) is 0 Å². The fourth-order valence-corrected chi connectivity index (χ4v) is 1.81. The maximum atomic E-state index is 9.63. The van der Waals surface area contributed by atoms with Crippen molar-refractivity contribution in [2.75, 3.05) is 19.6 Å². The molecule has 0 aromatic carbocycles. The second-order valence-corrected chi connectivity index (χ2v) is 3.42. The fourth-order valence-electron chi connectivity index (χ4n) is 1.81. The average Bonchev–Trinajstić information content (AvgIpc) is 2.04. The molecule has 0 aliphatic carbocycles. The van der Waals surface area contributed by atoms with Gasteiger partial charge in [0.2, 0.25) is 0 Å². The highest BCUT2D eigenvalue weighted by Crippen LogP contribution is 2.19. The molecule has 0 saturated carbocycles. The Labute approximate surface area is 69.2 Å². The molecule has 1 rings (SSSR count). The van der Waals surface area contributed by atoms with Gasteiger partial charge in [0, 0.05) is 6.54 Å². The van der Waals surface area contributed by atoms with Crippen LogP contribution in [0.2, 0.25) is 0 Å². The molecule has 2 heteroatoms. The Balaban J connectivity index is 2.34. The quantitative estimate of drug-likeness (QED) is 0.649. The van der Waals surface area contributed by atoms with E-state index < -0.39 is 0 Å². The summed E-state index contributed by atoms with van der Waals surface area (Å²) < 4.78 is 0. The van der Waals surface area contributed by atoms with E-state index in [0.29, 0.717) is 5.92 Å². The van der Waals surface area contributed by atoms with Crippen molar-refractivity contribution in [1.29, 1.82) is 0 Å². The molecular weight excluding hydrogens is 138 g/mol. The van der Waals surface area contributed by atoms with Gasteiger partial charge in [-0.25, -0.2) is 0 Å². The van der Waals surface area contributed by atoms with Crippen molar-refractivity contribution < 1.29 is 5.11 Å². The molecule has 1 unspecified atom stereocenters. The summed E-state index contributed by atoms with van der Waals surface area (Å²) in [6.45, 7) is 7.45. The lowest BCUT2D eigenvalue weighted by Crippen LogP contribution is -2.43. The van der Waals surface area contributed by atoms with Crippen LogP contribution in [0, 0.1) is 5.92 Å². The zero-order valence-corrected chi connectivity index (χ0v) is 7.58. The van der Waals surface area contributed by atoms with Crippen LogP contribution >= 0.6 is 0 Å². The van der Waals surface area contributed by atoms with Gasteiger partial charge in [-0.05, 0) is 25.4 Å². The molecule has 1 aliphatic rings. The van der Waals surface area contributed by atoms with Crippen LogP contribution in [-0.2, 0) is 0 Å². The summed E-state index contributed by atoms with van der Waals surface area (Å²) in [4.78, 5) is 2.32. The average molecular weight is 157 g/mol. The van der Waals surface area contributed by atoms with Gasteiger partial charge < -0.3 is 10.0 Å². The van der Waals surface area contributed by atoms with Gasteiger partial charge in [-0.15, -0.1) is 0 Å². The molecule has 1 heterocycles. The Bertz CT molecular complexity index is 116. The molecule has 0 amide bonds. The maximum absolute atomic E-state index is 9.63. The van der Waals surface area contributed by atoms with Gasteiger partial charge >= 0.3 is 0 Å². The van der Waals surface area contributed by atoms with Crippen molar-refractivity contribution in [2.24, 2.45) is 5.92 Å². The van der Waals surface area contributed by atoms with Gasteiger partial charge in [-0.2, -0.15) is 0 Å². The van der Waals surface area contributed by atoms with Crippen LogP contribution in [0.3, 0.4) is 0 Å². The number of aliphatic hydroxyl groups is 1. The van der Waals surface area contributed by atoms with Crippen LogP contribution in [0.4, 0.5) is 0 Å².